The molecule has 0 aromatic heterocycles. The smallest absolute Gasteiger partial charge is 0.213 e. The first-order valence-corrected chi connectivity index (χ1v) is 10.5. The molecular formula is C19H39N4P. The van der Waals surface area contributed by atoms with Crippen LogP contribution in [0.1, 0.15) is 76.2 Å². The minimum Gasteiger partial charge on any atom is -0.341 e. The van der Waals surface area contributed by atoms with E-state index in [4.69, 9.17) is 0 Å². The SMILES string of the molecule is CC(C)N(C(C)C)P(N1[C]N(C(C)(C)C)C=C1)N(C(C)C)C(C)C. The molecule has 1 heterocycles. The molecule has 2 radical (unpaired) electrons. The van der Waals surface area contributed by atoms with E-state index in [0.29, 0.717) is 24.2 Å². The fourth-order valence-corrected chi connectivity index (χ4v) is 5.83. The number of nitrogens with zero attached hydrogens (tertiary/aromatic N) is 4. The number of rotatable bonds is 7. The molecule has 0 aliphatic carbocycles. The van der Waals surface area contributed by atoms with Crippen LogP contribution in [0, 0.1) is 6.67 Å². The van der Waals surface area contributed by atoms with Crippen LogP contribution >= 0.6 is 8.37 Å². The van der Waals surface area contributed by atoms with E-state index in [1.807, 2.05) is 0 Å². The highest BCUT2D eigenvalue weighted by molar-refractivity contribution is 7.50. The van der Waals surface area contributed by atoms with E-state index < -0.39 is 8.37 Å². The van der Waals surface area contributed by atoms with Gasteiger partial charge in [0.2, 0.25) is 6.67 Å². The maximum Gasteiger partial charge on any atom is 0.213 e. The molecular weight excluding hydrogens is 315 g/mol. The Kier molecular flexibility index (Phi) is 7.59. The molecule has 0 N–H and O–H groups in total. The summed E-state index contributed by atoms with van der Waals surface area (Å²) in [4.78, 5) is 2.19. The van der Waals surface area contributed by atoms with E-state index >= 15 is 0 Å². The van der Waals surface area contributed by atoms with Crippen LogP contribution in [0.5, 0.6) is 0 Å². The third-order valence-corrected chi connectivity index (χ3v) is 7.29. The third-order valence-electron chi connectivity index (χ3n) is 4.01. The van der Waals surface area contributed by atoms with Crippen molar-refractivity contribution in [2.24, 2.45) is 0 Å². The van der Waals surface area contributed by atoms with Gasteiger partial charge in [0.25, 0.3) is 0 Å². The molecule has 0 amide bonds. The van der Waals surface area contributed by atoms with E-state index in [-0.39, 0.29) is 5.54 Å². The second-order valence-electron chi connectivity index (χ2n) is 8.69. The van der Waals surface area contributed by atoms with Gasteiger partial charge >= 0.3 is 0 Å². The van der Waals surface area contributed by atoms with Crippen molar-refractivity contribution in [3.8, 4) is 0 Å². The molecule has 24 heavy (non-hydrogen) atoms. The molecule has 0 saturated carbocycles. The lowest BCUT2D eigenvalue weighted by Crippen LogP contribution is -2.46. The zero-order valence-corrected chi connectivity index (χ0v) is 18.6. The standard InChI is InChI=1S/C19H39N4P/c1-15(2)22(16(3)4)24(23(17(5)6)18(7)8)21-13-12-20(14-21)19(9,10)11/h12-13,15-18H,1-11H3. The number of hydrogen-bond donors (Lipinski definition) is 0. The van der Waals surface area contributed by atoms with Gasteiger partial charge in [0.15, 0.2) is 8.37 Å². The van der Waals surface area contributed by atoms with Crippen molar-refractivity contribution in [3.63, 3.8) is 0 Å². The first kappa shape index (κ1) is 21.7. The Bertz CT molecular complexity index is 376. The van der Waals surface area contributed by atoms with E-state index in [1.165, 1.54) is 0 Å². The van der Waals surface area contributed by atoms with Crippen molar-refractivity contribution in [3.05, 3.63) is 19.1 Å². The van der Waals surface area contributed by atoms with Gasteiger partial charge in [0, 0.05) is 42.1 Å². The van der Waals surface area contributed by atoms with Gasteiger partial charge in [-0.2, -0.15) is 0 Å². The maximum absolute atomic E-state index is 3.61. The van der Waals surface area contributed by atoms with Gasteiger partial charge in [-0.25, -0.2) is 9.34 Å². The molecule has 0 atom stereocenters. The first-order valence-electron chi connectivity index (χ1n) is 9.27. The molecule has 0 bridgehead atoms. The Morgan fingerprint density at radius 1 is 0.750 bits per heavy atom. The largest absolute Gasteiger partial charge is 0.341 e. The molecule has 0 aromatic carbocycles. The summed E-state index contributed by atoms with van der Waals surface area (Å²) in [6, 6.07) is 1.93. The van der Waals surface area contributed by atoms with Crippen LogP contribution in [0.2, 0.25) is 0 Å². The highest BCUT2D eigenvalue weighted by Gasteiger charge is 2.40. The van der Waals surface area contributed by atoms with Crippen LogP contribution in [-0.4, -0.2) is 48.6 Å². The Hall–Kier alpha value is -0.310. The predicted molar refractivity (Wildman–Crippen MR) is 107 cm³/mol. The van der Waals surface area contributed by atoms with E-state index in [1.54, 1.807) is 0 Å². The summed E-state index contributed by atoms with van der Waals surface area (Å²) in [5, 5.41) is 0. The van der Waals surface area contributed by atoms with Crippen molar-refractivity contribution in [2.45, 2.75) is 106 Å². The lowest BCUT2D eigenvalue weighted by atomic mass is 10.1. The molecule has 0 unspecified atom stereocenters. The van der Waals surface area contributed by atoms with Crippen LogP contribution < -0.4 is 0 Å². The minimum atomic E-state index is -0.660. The summed E-state index contributed by atoms with van der Waals surface area (Å²) in [7, 11) is -0.660. The minimum absolute atomic E-state index is 0.0488. The van der Waals surface area contributed by atoms with Gasteiger partial charge < -0.3 is 4.90 Å². The molecule has 5 heteroatoms. The second-order valence-corrected chi connectivity index (χ2v) is 10.6. The Morgan fingerprint density at radius 3 is 1.38 bits per heavy atom. The average molecular weight is 355 g/mol. The monoisotopic (exact) mass is 354 g/mol. The highest BCUT2D eigenvalue weighted by atomic mass is 31.2. The molecule has 1 rings (SSSR count). The third kappa shape index (κ3) is 5.09. The van der Waals surface area contributed by atoms with Gasteiger partial charge in [-0.1, -0.05) is 0 Å². The van der Waals surface area contributed by atoms with Crippen molar-refractivity contribution < 1.29 is 0 Å². The predicted octanol–water partition coefficient (Wildman–Crippen LogP) is 5.33. The van der Waals surface area contributed by atoms with Crippen LogP contribution in [0.15, 0.2) is 12.4 Å². The first-order chi connectivity index (χ1) is 10.9. The second kappa shape index (κ2) is 8.38. The van der Waals surface area contributed by atoms with Crippen molar-refractivity contribution in [2.75, 3.05) is 0 Å². The van der Waals surface area contributed by atoms with Crippen LogP contribution in [0.25, 0.3) is 0 Å². The molecule has 1 aliphatic rings. The van der Waals surface area contributed by atoms with Crippen LogP contribution in [0.3, 0.4) is 0 Å². The molecule has 0 spiro atoms. The molecule has 0 saturated heterocycles. The Balaban J connectivity index is 3.22. The fraction of sp³-hybridized carbons (Fsp3) is 0.842. The average Bonchev–Trinajstić information content (AvgIpc) is 2.84. The van der Waals surface area contributed by atoms with Gasteiger partial charge in [-0.15, -0.1) is 0 Å². The molecule has 0 fully saturated rings. The zero-order chi connectivity index (χ0) is 18.8. The van der Waals surface area contributed by atoms with Gasteiger partial charge in [0.05, 0.1) is 0 Å². The van der Waals surface area contributed by atoms with Gasteiger partial charge in [0.1, 0.15) is 0 Å². The van der Waals surface area contributed by atoms with E-state index in [2.05, 4.69) is 114 Å². The normalized spacial score (nSPS) is 16.6. The lowest BCUT2D eigenvalue weighted by Gasteiger charge is -2.50. The maximum atomic E-state index is 3.61. The van der Waals surface area contributed by atoms with E-state index in [0.717, 1.165) is 0 Å². The highest BCUT2D eigenvalue weighted by Crippen LogP contribution is 2.55. The van der Waals surface area contributed by atoms with Crippen molar-refractivity contribution in [1.29, 1.82) is 0 Å². The topological polar surface area (TPSA) is 13.0 Å². The fourth-order valence-electron chi connectivity index (χ4n) is 3.14. The van der Waals surface area contributed by atoms with Crippen LogP contribution in [0.4, 0.5) is 0 Å². The quantitative estimate of drug-likeness (QED) is 0.573. The number of hydrogen-bond acceptors (Lipinski definition) is 4. The van der Waals surface area contributed by atoms with Gasteiger partial charge in [-0.3, -0.25) is 4.67 Å². The molecule has 4 nitrogen and oxygen atoms in total. The molecule has 1 aliphatic heterocycles. The molecule has 140 valence electrons. The molecule has 0 aromatic rings. The van der Waals surface area contributed by atoms with Crippen LogP contribution in [-0.2, 0) is 0 Å². The summed E-state index contributed by atoms with van der Waals surface area (Å²) in [6.45, 7) is 28.7. The summed E-state index contributed by atoms with van der Waals surface area (Å²) < 4.78 is 7.60. The summed E-state index contributed by atoms with van der Waals surface area (Å²) in [5.41, 5.74) is 0.0488. The Labute approximate surface area is 152 Å². The summed E-state index contributed by atoms with van der Waals surface area (Å²) in [6.07, 6.45) is 4.36. The lowest BCUT2D eigenvalue weighted by molar-refractivity contribution is 0.213. The van der Waals surface area contributed by atoms with Crippen molar-refractivity contribution >= 4 is 8.37 Å². The van der Waals surface area contributed by atoms with Crippen molar-refractivity contribution in [1.82, 2.24) is 18.9 Å². The zero-order valence-electron chi connectivity index (χ0n) is 17.7. The Morgan fingerprint density at radius 2 is 1.12 bits per heavy atom. The summed E-state index contributed by atoms with van der Waals surface area (Å²) in [5.74, 6) is 0. The van der Waals surface area contributed by atoms with E-state index in [9.17, 15) is 0 Å². The van der Waals surface area contributed by atoms with Gasteiger partial charge in [-0.05, 0) is 76.2 Å². The summed E-state index contributed by atoms with van der Waals surface area (Å²) >= 11 is 0.